The fourth-order valence-corrected chi connectivity index (χ4v) is 4.48. The van der Waals surface area contributed by atoms with E-state index in [1.165, 1.54) is 0 Å². The first-order valence-corrected chi connectivity index (χ1v) is 12.4. The Kier molecular flexibility index (Phi) is 7.08. The van der Waals surface area contributed by atoms with E-state index in [1.807, 2.05) is 56.3 Å². The van der Waals surface area contributed by atoms with Crippen LogP contribution in [0.1, 0.15) is 36.8 Å². The lowest BCUT2D eigenvalue weighted by atomic mass is 9.99. The van der Waals surface area contributed by atoms with Gasteiger partial charge in [0.1, 0.15) is 17.7 Å². The Hall–Kier alpha value is -4.66. The van der Waals surface area contributed by atoms with Gasteiger partial charge in [-0.2, -0.15) is 0 Å². The van der Waals surface area contributed by atoms with Crippen molar-refractivity contribution >= 4 is 22.3 Å². The molecule has 0 spiro atoms. The minimum Gasteiger partial charge on any atom is -0.491 e. The molecule has 0 radical (unpaired) electrons. The molecule has 4 N–H and O–H groups in total. The molecule has 1 atom stereocenters. The molecule has 0 aliphatic rings. The van der Waals surface area contributed by atoms with E-state index in [0.717, 1.165) is 34.0 Å². The number of methoxy groups -OCH3 is 1. The number of hydrogen-bond acceptors (Lipinski definition) is 7. The van der Waals surface area contributed by atoms with Gasteiger partial charge in [0, 0.05) is 35.2 Å². The molecule has 0 saturated heterocycles. The Bertz CT molecular complexity index is 1590. The zero-order valence-electron chi connectivity index (χ0n) is 21.5. The van der Waals surface area contributed by atoms with E-state index in [1.54, 1.807) is 31.8 Å². The van der Waals surface area contributed by atoms with Gasteiger partial charge in [-0.1, -0.05) is 13.0 Å². The highest BCUT2D eigenvalue weighted by Crippen LogP contribution is 2.35. The summed E-state index contributed by atoms with van der Waals surface area (Å²) >= 11 is 0. The molecular formula is C29H29FN6O2. The van der Waals surface area contributed by atoms with Crippen LogP contribution in [0.4, 0.5) is 15.9 Å². The fourth-order valence-electron chi connectivity index (χ4n) is 4.48. The van der Waals surface area contributed by atoms with Gasteiger partial charge in [0.2, 0.25) is 5.88 Å². The zero-order chi connectivity index (χ0) is 26.6. The number of nitrogens with zero attached hydrogens (tertiary/aromatic N) is 3. The van der Waals surface area contributed by atoms with Crippen LogP contribution in [0.3, 0.4) is 0 Å². The largest absolute Gasteiger partial charge is 0.491 e. The van der Waals surface area contributed by atoms with Gasteiger partial charge in [-0.25, -0.2) is 19.3 Å². The Morgan fingerprint density at radius 2 is 1.95 bits per heavy atom. The highest BCUT2D eigenvalue weighted by Gasteiger charge is 2.25. The minimum absolute atomic E-state index is 0.215. The second-order valence-electron chi connectivity index (χ2n) is 8.72. The second kappa shape index (κ2) is 10.8. The van der Waals surface area contributed by atoms with Crippen molar-refractivity contribution in [2.75, 3.05) is 24.8 Å². The van der Waals surface area contributed by atoms with Crippen LogP contribution in [0.5, 0.6) is 11.6 Å². The first-order valence-electron chi connectivity index (χ1n) is 12.4. The normalized spacial score (nSPS) is 11.9. The number of ether oxygens (including phenoxy) is 2. The van der Waals surface area contributed by atoms with E-state index < -0.39 is 11.9 Å². The molecule has 3 heterocycles. The molecule has 0 saturated carbocycles. The summed E-state index contributed by atoms with van der Waals surface area (Å²) < 4.78 is 27.0. The van der Waals surface area contributed by atoms with Gasteiger partial charge in [-0.05, 0) is 66.8 Å². The molecular weight excluding hydrogens is 483 g/mol. The quantitative estimate of drug-likeness (QED) is 0.225. The van der Waals surface area contributed by atoms with E-state index in [2.05, 4.69) is 20.3 Å². The number of anilines is 2. The number of nitrogens with two attached hydrogens (primary N) is 1. The lowest BCUT2D eigenvalue weighted by molar-refractivity contribution is 0.319. The second-order valence-corrected chi connectivity index (χ2v) is 8.72. The van der Waals surface area contributed by atoms with Crippen molar-refractivity contribution in [3.8, 4) is 22.9 Å². The number of halogens is 1. The number of aromatic amines is 1. The third kappa shape index (κ3) is 4.82. The van der Waals surface area contributed by atoms with Crippen LogP contribution in [0.15, 0.2) is 67.1 Å². The highest BCUT2D eigenvalue weighted by atomic mass is 19.1. The van der Waals surface area contributed by atoms with Crippen molar-refractivity contribution in [3.05, 3.63) is 89.9 Å². The lowest BCUT2D eigenvalue weighted by Crippen LogP contribution is -2.17. The number of imidazole rings is 1. The number of rotatable bonds is 9. The molecule has 9 heteroatoms. The molecule has 194 valence electrons. The van der Waals surface area contributed by atoms with Crippen molar-refractivity contribution in [3.63, 3.8) is 0 Å². The smallest absolute Gasteiger partial charge is 0.222 e. The lowest BCUT2D eigenvalue weighted by Gasteiger charge is -2.22. The fraction of sp³-hybridized carbons (Fsp3) is 0.207. The van der Waals surface area contributed by atoms with Gasteiger partial charge in [-0.15, -0.1) is 0 Å². The van der Waals surface area contributed by atoms with Crippen molar-refractivity contribution in [1.82, 2.24) is 19.9 Å². The van der Waals surface area contributed by atoms with Gasteiger partial charge in [0.15, 0.2) is 11.6 Å². The third-order valence-corrected chi connectivity index (χ3v) is 6.36. The van der Waals surface area contributed by atoms with Gasteiger partial charge in [0.05, 0.1) is 25.0 Å². The molecule has 1 unspecified atom stereocenters. The molecule has 3 aromatic heterocycles. The van der Waals surface area contributed by atoms with Crippen molar-refractivity contribution < 1.29 is 13.9 Å². The average molecular weight is 513 g/mol. The Morgan fingerprint density at radius 3 is 2.74 bits per heavy atom. The number of aryl methyl sites for hydroxylation is 1. The summed E-state index contributed by atoms with van der Waals surface area (Å²) in [4.78, 5) is 16.5. The minimum atomic E-state index is -0.659. The topological polar surface area (TPSA) is 111 Å². The zero-order valence-corrected chi connectivity index (χ0v) is 21.5. The number of aromatic nitrogens is 4. The van der Waals surface area contributed by atoms with Crippen LogP contribution >= 0.6 is 0 Å². The van der Waals surface area contributed by atoms with Gasteiger partial charge < -0.3 is 25.5 Å². The SMILES string of the molecule is CCOc1cc(CC)cc(C(Nc2ccc3c(N)nccc3c2)c2nc(-c3cccnc3OC)c[nH]2)c1F. The van der Waals surface area contributed by atoms with Crippen LogP contribution in [0, 0.1) is 5.82 Å². The Labute approximate surface area is 220 Å². The summed E-state index contributed by atoms with van der Waals surface area (Å²) in [5, 5.41) is 5.24. The number of fused-ring (bicyclic) bond motifs is 1. The molecule has 5 rings (SSSR count). The Balaban J connectivity index is 1.63. The molecule has 5 aromatic rings. The summed E-state index contributed by atoms with van der Waals surface area (Å²) in [5.41, 5.74) is 9.54. The van der Waals surface area contributed by atoms with E-state index in [4.69, 9.17) is 20.2 Å². The number of nitrogen functional groups attached to an aromatic ring is 1. The van der Waals surface area contributed by atoms with E-state index >= 15 is 4.39 Å². The predicted molar refractivity (Wildman–Crippen MR) is 147 cm³/mol. The monoisotopic (exact) mass is 512 g/mol. The summed E-state index contributed by atoms with van der Waals surface area (Å²) in [5.74, 6) is 1.21. The molecule has 2 aromatic carbocycles. The number of nitrogens with one attached hydrogen (secondary N) is 2. The number of hydrogen-bond donors (Lipinski definition) is 3. The number of pyridine rings is 2. The van der Waals surface area contributed by atoms with E-state index in [0.29, 0.717) is 35.4 Å². The molecule has 0 aliphatic heterocycles. The summed E-state index contributed by atoms with van der Waals surface area (Å²) in [6, 6.07) is 14.3. The van der Waals surface area contributed by atoms with Crippen LogP contribution in [-0.2, 0) is 6.42 Å². The molecule has 0 fully saturated rings. The van der Waals surface area contributed by atoms with Crippen LogP contribution in [0.25, 0.3) is 22.0 Å². The standard InChI is InChI=1S/C29H29FN6O2/c1-4-17-13-22(25(30)24(14-17)38-5-2)26(35-19-8-9-20-18(15-19)10-12-32-27(20)31)28-34-16-23(36-28)21-7-6-11-33-29(21)37-3/h6-16,26,35H,4-5H2,1-3H3,(H2,31,32)(H,34,36). The molecule has 8 nitrogen and oxygen atoms in total. The number of H-pyrrole nitrogens is 1. The first kappa shape index (κ1) is 25.0. The molecule has 38 heavy (non-hydrogen) atoms. The predicted octanol–water partition coefficient (Wildman–Crippen LogP) is 5.91. The summed E-state index contributed by atoms with van der Waals surface area (Å²) in [6.07, 6.45) is 5.81. The maximum absolute atomic E-state index is 15.9. The van der Waals surface area contributed by atoms with Gasteiger partial charge >= 0.3 is 0 Å². The van der Waals surface area contributed by atoms with Crippen molar-refractivity contribution in [2.24, 2.45) is 0 Å². The van der Waals surface area contributed by atoms with E-state index in [-0.39, 0.29) is 5.75 Å². The third-order valence-electron chi connectivity index (χ3n) is 6.36. The Morgan fingerprint density at radius 1 is 1.08 bits per heavy atom. The van der Waals surface area contributed by atoms with Crippen molar-refractivity contribution in [1.29, 1.82) is 0 Å². The number of benzene rings is 2. The highest BCUT2D eigenvalue weighted by molar-refractivity contribution is 5.93. The molecule has 0 bridgehead atoms. The molecule has 0 amide bonds. The average Bonchev–Trinajstić information content (AvgIpc) is 3.43. The summed E-state index contributed by atoms with van der Waals surface area (Å²) in [6.45, 7) is 4.22. The molecule has 0 aliphatic carbocycles. The van der Waals surface area contributed by atoms with Crippen LogP contribution in [-0.4, -0.2) is 33.7 Å². The maximum atomic E-state index is 15.9. The van der Waals surface area contributed by atoms with E-state index in [9.17, 15) is 0 Å². The maximum Gasteiger partial charge on any atom is 0.222 e. The van der Waals surface area contributed by atoms with Crippen LogP contribution < -0.4 is 20.5 Å². The van der Waals surface area contributed by atoms with Gasteiger partial charge in [0.25, 0.3) is 0 Å². The van der Waals surface area contributed by atoms with Gasteiger partial charge in [-0.3, -0.25) is 0 Å². The van der Waals surface area contributed by atoms with Crippen molar-refractivity contribution in [2.45, 2.75) is 26.3 Å². The summed E-state index contributed by atoms with van der Waals surface area (Å²) in [7, 11) is 1.56. The van der Waals surface area contributed by atoms with Crippen LogP contribution in [0.2, 0.25) is 0 Å². The first-order chi connectivity index (χ1) is 18.5.